The lowest BCUT2D eigenvalue weighted by Gasteiger charge is -2.25. The Bertz CT molecular complexity index is 542. The first-order valence-corrected chi connectivity index (χ1v) is 9.55. The van der Waals surface area contributed by atoms with E-state index < -0.39 is 0 Å². The molecule has 0 unspecified atom stereocenters. The van der Waals surface area contributed by atoms with Gasteiger partial charge in [0.05, 0.1) is 11.4 Å². The molecule has 0 aromatic heterocycles. The van der Waals surface area contributed by atoms with E-state index in [1.807, 2.05) is 75.3 Å². The molecule has 1 rings (SSSR count). The number of para-hydroxylation sites is 1. The summed E-state index contributed by atoms with van der Waals surface area (Å²) in [6.07, 6.45) is 6.17. The lowest BCUT2D eigenvalue weighted by atomic mass is 10.0. The number of hydrazone groups is 1. The molecule has 0 spiro atoms. The SMILES string of the molecule is C=NN(/C(C(=C)/C=C\C)=C(/C)CCNC)c1ccccc1.CC.CCC. The van der Waals surface area contributed by atoms with Crippen LogP contribution in [0.2, 0.25) is 0 Å². The Morgan fingerprint density at radius 1 is 1.19 bits per heavy atom. The molecular formula is C23H39N3. The van der Waals surface area contributed by atoms with Crippen molar-refractivity contribution in [1.29, 1.82) is 0 Å². The molecule has 0 aliphatic carbocycles. The molecule has 0 fully saturated rings. The Labute approximate surface area is 162 Å². The second kappa shape index (κ2) is 17.7. The van der Waals surface area contributed by atoms with Crippen molar-refractivity contribution in [2.24, 2.45) is 5.10 Å². The van der Waals surface area contributed by atoms with E-state index in [2.05, 4.69) is 44.5 Å². The molecule has 0 bridgehead atoms. The maximum Gasteiger partial charge on any atom is 0.0708 e. The third kappa shape index (κ3) is 10.00. The Morgan fingerprint density at radius 3 is 2.15 bits per heavy atom. The van der Waals surface area contributed by atoms with Gasteiger partial charge >= 0.3 is 0 Å². The molecule has 3 nitrogen and oxygen atoms in total. The fraction of sp³-hybridized carbons (Fsp3) is 0.435. The van der Waals surface area contributed by atoms with Crippen LogP contribution < -0.4 is 10.3 Å². The number of anilines is 1. The highest BCUT2D eigenvalue weighted by Gasteiger charge is 2.15. The van der Waals surface area contributed by atoms with Crippen molar-refractivity contribution in [2.45, 2.75) is 54.4 Å². The average Bonchev–Trinajstić information content (AvgIpc) is 2.67. The standard InChI is InChI=1S/C18H25N3.C3H8.C2H6/c1-6-10-15(2)18(16(3)13-14-19-4)21(20-5)17-11-8-7-9-12-17;1-3-2;1-2/h6-12,19H,2,5,13-14H2,1,3-4H3;3H2,1-2H3;1-2H3/b10-6-,18-16-;;. The molecule has 0 aliphatic heterocycles. The summed E-state index contributed by atoms with van der Waals surface area (Å²) in [5.41, 5.74) is 4.15. The highest BCUT2D eigenvalue weighted by atomic mass is 15.5. The third-order valence-electron chi connectivity index (χ3n) is 3.18. The monoisotopic (exact) mass is 357 g/mol. The maximum absolute atomic E-state index is 4.20. The lowest BCUT2D eigenvalue weighted by Crippen LogP contribution is -2.19. The lowest BCUT2D eigenvalue weighted by molar-refractivity contribution is 0.775. The Hall–Kier alpha value is -2.13. The number of allylic oxidation sites excluding steroid dienone is 2. The van der Waals surface area contributed by atoms with Crippen molar-refractivity contribution in [3.05, 3.63) is 65.9 Å². The molecule has 1 aromatic rings. The van der Waals surface area contributed by atoms with Gasteiger partial charge in [0.25, 0.3) is 0 Å². The van der Waals surface area contributed by atoms with Crippen LogP contribution in [0, 0.1) is 0 Å². The average molecular weight is 358 g/mol. The molecule has 1 N–H and O–H groups in total. The van der Waals surface area contributed by atoms with Gasteiger partial charge in [-0.05, 0) is 57.1 Å². The van der Waals surface area contributed by atoms with Crippen LogP contribution in [-0.2, 0) is 0 Å². The number of benzene rings is 1. The van der Waals surface area contributed by atoms with Crippen molar-refractivity contribution >= 4 is 12.4 Å². The molecule has 0 amide bonds. The molecule has 0 atom stereocenters. The van der Waals surface area contributed by atoms with E-state index in [9.17, 15) is 0 Å². The highest BCUT2D eigenvalue weighted by molar-refractivity contribution is 5.60. The Kier molecular flexibility index (Phi) is 17.8. The van der Waals surface area contributed by atoms with Gasteiger partial charge in [-0.25, -0.2) is 5.01 Å². The fourth-order valence-corrected chi connectivity index (χ4v) is 2.15. The van der Waals surface area contributed by atoms with Crippen molar-refractivity contribution in [2.75, 3.05) is 18.6 Å². The van der Waals surface area contributed by atoms with E-state index in [4.69, 9.17) is 0 Å². The van der Waals surface area contributed by atoms with Crippen molar-refractivity contribution in [3.8, 4) is 0 Å². The minimum Gasteiger partial charge on any atom is -0.319 e. The van der Waals surface area contributed by atoms with Crippen LogP contribution in [0.25, 0.3) is 0 Å². The van der Waals surface area contributed by atoms with Crippen LogP contribution >= 0.6 is 0 Å². The number of nitrogens with one attached hydrogen (secondary N) is 1. The van der Waals surface area contributed by atoms with Gasteiger partial charge in [0.2, 0.25) is 0 Å². The molecule has 0 radical (unpaired) electrons. The number of hydrogen-bond acceptors (Lipinski definition) is 3. The summed E-state index contributed by atoms with van der Waals surface area (Å²) in [6, 6.07) is 10.0. The van der Waals surface area contributed by atoms with Crippen molar-refractivity contribution in [1.82, 2.24) is 5.32 Å². The number of hydrogen-bond donors (Lipinski definition) is 1. The summed E-state index contributed by atoms with van der Waals surface area (Å²) in [6.45, 7) is 21.2. The largest absolute Gasteiger partial charge is 0.319 e. The van der Waals surface area contributed by atoms with Gasteiger partial charge in [0, 0.05) is 6.72 Å². The molecule has 0 saturated carbocycles. The van der Waals surface area contributed by atoms with E-state index in [0.29, 0.717) is 0 Å². The minimum atomic E-state index is 0.915. The molecule has 3 heteroatoms. The van der Waals surface area contributed by atoms with Crippen LogP contribution in [0.5, 0.6) is 0 Å². The zero-order chi connectivity index (χ0) is 20.4. The predicted octanol–water partition coefficient (Wildman–Crippen LogP) is 6.57. The molecule has 0 saturated heterocycles. The van der Waals surface area contributed by atoms with E-state index in [0.717, 1.165) is 29.9 Å². The minimum absolute atomic E-state index is 0.915. The number of rotatable bonds is 8. The predicted molar refractivity (Wildman–Crippen MR) is 121 cm³/mol. The molecular weight excluding hydrogens is 318 g/mol. The second-order valence-electron chi connectivity index (χ2n) is 5.50. The Morgan fingerprint density at radius 2 is 1.73 bits per heavy atom. The van der Waals surface area contributed by atoms with Crippen LogP contribution in [-0.4, -0.2) is 20.3 Å². The van der Waals surface area contributed by atoms with Crippen LogP contribution in [0.15, 0.2) is 71.0 Å². The zero-order valence-electron chi connectivity index (χ0n) is 18.0. The quantitative estimate of drug-likeness (QED) is 0.324. The van der Waals surface area contributed by atoms with Gasteiger partial charge in [-0.1, -0.05) is 71.0 Å². The number of nitrogens with zero attached hydrogens (tertiary/aromatic N) is 2. The van der Waals surface area contributed by atoms with Crippen molar-refractivity contribution < 1.29 is 0 Å². The van der Waals surface area contributed by atoms with Crippen LogP contribution in [0.3, 0.4) is 0 Å². The maximum atomic E-state index is 4.20. The summed E-state index contributed by atoms with van der Waals surface area (Å²) in [7, 11) is 1.95. The smallest absolute Gasteiger partial charge is 0.0708 e. The van der Waals surface area contributed by atoms with Gasteiger partial charge < -0.3 is 5.32 Å². The van der Waals surface area contributed by atoms with E-state index >= 15 is 0 Å². The summed E-state index contributed by atoms with van der Waals surface area (Å²) in [5.74, 6) is 0. The molecule has 0 aliphatic rings. The third-order valence-corrected chi connectivity index (χ3v) is 3.18. The Balaban J connectivity index is 0. The van der Waals surface area contributed by atoms with Gasteiger partial charge in [0.1, 0.15) is 0 Å². The molecule has 0 heterocycles. The van der Waals surface area contributed by atoms with Gasteiger partial charge in [-0.2, -0.15) is 5.10 Å². The fourth-order valence-electron chi connectivity index (χ4n) is 2.15. The van der Waals surface area contributed by atoms with Gasteiger partial charge in [0.15, 0.2) is 0 Å². The first kappa shape index (κ1) is 26.1. The van der Waals surface area contributed by atoms with E-state index in [1.165, 1.54) is 12.0 Å². The highest BCUT2D eigenvalue weighted by Crippen LogP contribution is 2.27. The molecule has 146 valence electrons. The summed E-state index contributed by atoms with van der Waals surface area (Å²) in [5, 5.41) is 9.23. The second-order valence-corrected chi connectivity index (χ2v) is 5.50. The molecule has 1 aromatic carbocycles. The van der Waals surface area contributed by atoms with Crippen LogP contribution in [0.1, 0.15) is 54.4 Å². The summed E-state index contributed by atoms with van der Waals surface area (Å²) in [4.78, 5) is 0. The zero-order valence-corrected chi connectivity index (χ0v) is 18.0. The van der Waals surface area contributed by atoms with Crippen LogP contribution in [0.4, 0.5) is 5.69 Å². The van der Waals surface area contributed by atoms with Gasteiger partial charge in [-0.3, -0.25) is 0 Å². The van der Waals surface area contributed by atoms with Crippen molar-refractivity contribution in [3.63, 3.8) is 0 Å². The topological polar surface area (TPSA) is 27.6 Å². The normalized spacial score (nSPS) is 10.7. The van der Waals surface area contributed by atoms with E-state index in [-0.39, 0.29) is 0 Å². The molecule has 26 heavy (non-hydrogen) atoms. The first-order valence-electron chi connectivity index (χ1n) is 9.55. The van der Waals surface area contributed by atoms with Gasteiger partial charge in [-0.15, -0.1) is 0 Å². The van der Waals surface area contributed by atoms with E-state index in [1.54, 1.807) is 0 Å². The summed E-state index contributed by atoms with van der Waals surface area (Å²) < 4.78 is 0. The first-order chi connectivity index (χ1) is 12.6. The summed E-state index contributed by atoms with van der Waals surface area (Å²) >= 11 is 0.